The van der Waals surface area contributed by atoms with E-state index < -0.39 is 205 Å². The Morgan fingerprint density at radius 2 is 0.981 bits per heavy atom. The van der Waals surface area contributed by atoms with Crippen molar-refractivity contribution >= 4 is 106 Å². The van der Waals surface area contributed by atoms with Crippen molar-refractivity contribution in [3.05, 3.63) is 72.5 Å². The molecule has 0 aliphatic rings. The largest absolute Gasteiger partial charge is 0.481 e. The van der Waals surface area contributed by atoms with Gasteiger partial charge in [-0.2, -0.15) is 0 Å². The smallest absolute Gasteiger partial charge is 0.305 e. The van der Waals surface area contributed by atoms with E-state index in [0.29, 0.717) is 28.6 Å². The van der Waals surface area contributed by atoms with Gasteiger partial charge in [0.05, 0.1) is 37.8 Å². The van der Waals surface area contributed by atoms with Crippen LogP contribution in [0.15, 0.2) is 60.5 Å². The number of hydrogen-bond acceptors (Lipinski definition) is 20. The summed E-state index contributed by atoms with van der Waals surface area (Å²) in [6.45, 7) is 12.9. The maximum absolute atomic E-state index is 14.5. The number of aromatic nitrogens is 5. The predicted octanol–water partition coefficient (Wildman–Crippen LogP) is -6.52. The van der Waals surface area contributed by atoms with Gasteiger partial charge in [0.15, 0.2) is 5.96 Å². The number of fused-ring (bicyclic) bond motifs is 1. The Bertz CT molecular complexity index is 3730. The van der Waals surface area contributed by atoms with Crippen LogP contribution in [0.5, 0.6) is 0 Å². The molecule has 14 amide bonds. The van der Waals surface area contributed by atoms with Crippen LogP contribution >= 0.6 is 0 Å². The third-order valence-corrected chi connectivity index (χ3v) is 16.9. The highest BCUT2D eigenvalue weighted by atomic mass is 16.4. The number of guanidine groups is 1. The number of hydrogen-bond donors (Lipinski definition) is 22. The summed E-state index contributed by atoms with van der Waals surface area (Å²) in [6, 6.07) is -10.9. The van der Waals surface area contributed by atoms with E-state index in [0.717, 1.165) is 0 Å². The first-order valence-electron chi connectivity index (χ1n) is 34.3. The van der Waals surface area contributed by atoms with Crippen molar-refractivity contribution in [3.8, 4) is 0 Å². The molecule has 40 heteroatoms. The molecule has 4 aromatic rings. The lowest BCUT2D eigenvalue weighted by Crippen LogP contribution is -2.61. The number of nitrogens with two attached hydrogens (primary N) is 5. The Morgan fingerprint density at radius 3 is 1.49 bits per heavy atom. The number of H-pyrrole nitrogens is 3. The Kier molecular flexibility index (Phi) is 34.6. The van der Waals surface area contributed by atoms with Crippen LogP contribution in [0.3, 0.4) is 0 Å². The minimum absolute atomic E-state index is 0.0183. The van der Waals surface area contributed by atoms with Crippen molar-refractivity contribution in [3.63, 3.8) is 0 Å². The summed E-state index contributed by atoms with van der Waals surface area (Å²) in [5.74, 6) is -17.0. The molecule has 1 aromatic carbocycles. The van der Waals surface area contributed by atoms with Gasteiger partial charge < -0.3 is 118 Å². The number of benzene rings is 1. The number of primary amides is 2. The number of imidazole rings is 2. The van der Waals surface area contributed by atoms with Gasteiger partial charge in [0.1, 0.15) is 66.5 Å². The Balaban J connectivity index is 1.60. The second-order valence-electron chi connectivity index (χ2n) is 26.3. The fourth-order valence-electron chi connectivity index (χ4n) is 10.5. The Hall–Kier alpha value is -11.6. The molecular weight excluding hydrogens is 1390 g/mol. The zero-order valence-corrected chi connectivity index (χ0v) is 60.5. The van der Waals surface area contributed by atoms with Crippen LogP contribution in [0, 0.1) is 17.8 Å². The fourth-order valence-corrected chi connectivity index (χ4v) is 10.5. The molecule has 0 unspecified atom stereocenters. The number of carbonyl (C=O) groups is 15. The highest BCUT2D eigenvalue weighted by Crippen LogP contribution is 2.20. The lowest BCUT2D eigenvalue weighted by atomic mass is 9.98. The van der Waals surface area contributed by atoms with Crippen LogP contribution in [0.2, 0.25) is 0 Å². The fraction of sp³-hybridized carbons (Fsp3) is 0.545. The number of carboxylic acids is 1. The molecule has 0 aliphatic heterocycles. The van der Waals surface area contributed by atoms with Crippen LogP contribution in [0.1, 0.15) is 118 Å². The molecule has 27 N–H and O–H groups in total. The predicted molar refractivity (Wildman–Crippen MR) is 381 cm³/mol. The summed E-state index contributed by atoms with van der Waals surface area (Å²) in [5.41, 5.74) is 29.4. The van der Waals surface area contributed by atoms with E-state index >= 15 is 0 Å². The van der Waals surface area contributed by atoms with Gasteiger partial charge in [0, 0.05) is 73.1 Å². The van der Waals surface area contributed by atoms with Crippen LogP contribution in [0.4, 0.5) is 0 Å². The summed E-state index contributed by atoms with van der Waals surface area (Å²) < 4.78 is 0. The maximum Gasteiger partial charge on any atom is 0.305 e. The number of aliphatic imine (C=N–C) groups is 1. The number of aliphatic hydroxyl groups excluding tert-OH is 1. The number of carboxylic acid groups (broad SMARTS) is 1. The first-order valence-corrected chi connectivity index (χ1v) is 34.3. The zero-order valence-electron chi connectivity index (χ0n) is 60.5. The van der Waals surface area contributed by atoms with Crippen molar-refractivity contribution in [2.24, 2.45) is 51.4 Å². The van der Waals surface area contributed by atoms with Gasteiger partial charge in [-0.25, -0.2) is 9.97 Å². The molecule has 0 fully saturated rings. The molecule has 0 saturated carbocycles. The zero-order chi connectivity index (χ0) is 79.2. The van der Waals surface area contributed by atoms with E-state index in [1.807, 2.05) is 6.92 Å². The van der Waals surface area contributed by atoms with Gasteiger partial charge in [-0.15, -0.1) is 0 Å². The number of nitrogens with one attached hydrogen (secondary N) is 15. The highest BCUT2D eigenvalue weighted by Gasteiger charge is 2.38. The van der Waals surface area contributed by atoms with Crippen molar-refractivity contribution in [1.29, 1.82) is 0 Å². The third kappa shape index (κ3) is 28.2. The van der Waals surface area contributed by atoms with E-state index in [9.17, 15) is 82.1 Å². The third-order valence-electron chi connectivity index (χ3n) is 16.9. The topological polar surface area (TPSA) is 656 Å². The molecule has 106 heavy (non-hydrogen) atoms. The Labute approximate surface area is 609 Å². The van der Waals surface area contributed by atoms with Crippen molar-refractivity contribution in [2.45, 2.75) is 199 Å². The summed E-state index contributed by atoms with van der Waals surface area (Å²) in [4.78, 5) is 225. The molecule has 3 heterocycles. The van der Waals surface area contributed by atoms with Crippen LogP contribution in [0.25, 0.3) is 10.9 Å². The number of rotatable bonds is 45. The molecule has 582 valence electrons. The van der Waals surface area contributed by atoms with Crippen LogP contribution in [-0.4, -0.2) is 221 Å². The Morgan fingerprint density at radius 1 is 0.519 bits per heavy atom. The number of amides is 14. The van der Waals surface area contributed by atoms with Crippen LogP contribution in [-0.2, 0) is 91.2 Å². The average Bonchev–Trinajstić information content (AvgIpc) is 1.62. The van der Waals surface area contributed by atoms with E-state index in [1.165, 1.54) is 52.0 Å². The molecular formula is C66H101N23O17. The molecule has 0 spiro atoms. The molecule has 40 nitrogen and oxygen atoms in total. The van der Waals surface area contributed by atoms with Gasteiger partial charge in [0.2, 0.25) is 82.7 Å². The average molecular weight is 1490 g/mol. The van der Waals surface area contributed by atoms with Gasteiger partial charge in [-0.1, -0.05) is 66.2 Å². The van der Waals surface area contributed by atoms with Gasteiger partial charge in [0.25, 0.3) is 0 Å². The molecule has 3 aromatic heterocycles. The molecule has 0 radical (unpaired) electrons. The number of aromatic amines is 3. The summed E-state index contributed by atoms with van der Waals surface area (Å²) in [5, 5.41) is 50.4. The minimum Gasteiger partial charge on any atom is -0.481 e. The summed E-state index contributed by atoms with van der Waals surface area (Å²) in [7, 11) is 0. The summed E-state index contributed by atoms with van der Waals surface area (Å²) >= 11 is 0. The lowest BCUT2D eigenvalue weighted by molar-refractivity contribution is -0.141. The standard InChI is InChI=1S/C66H101N23O17/c1-10-32(6)50(68)63(104)80-34(8)55(96)87-52(31(4)5)65(106)88-51(30(2)3)64(105)83-42(17-18-47(67)91)59(100)86-46(23-49(93)94)62(103)84-43(20-36-24-75-40-15-12-11-14-39(36)40)57(98)76-27-48(92)81-44(21-37-25-72-28-77-37)60(101)85-45(22-38-26-73-29-78-38)61(102)82-41(16-13-19-74-66(70)71)58(99)79-33(7)56(97)89-53(35(9)90)54(69)95/h11-12,14-15,24-26,28-35,41-46,50-53,75,90H,10,13,16-23,27,68H2,1-9H3,(H2,67,91)(H2,69,95)(H,72,77)(H,73,78)(H,76,98)(H,79,99)(H,80,104)(H,81,92)(H,82,102)(H,83,105)(H,84,103)(H,85,101)(H,86,100)(H,87,96)(H,88,106)(H,89,97)(H,93,94)(H4,70,71,74)/t32-,33-,34-,35+,41-,42-,43-,44-,45-,46-,50-,51-,52-,53-/m0/s1. The minimum atomic E-state index is -2.03. The number of aliphatic hydroxyl groups is 1. The van der Waals surface area contributed by atoms with Crippen LogP contribution < -0.4 is 92.5 Å². The van der Waals surface area contributed by atoms with E-state index in [1.54, 1.807) is 58.9 Å². The summed E-state index contributed by atoms with van der Waals surface area (Å²) in [6.07, 6.45) is 2.73. The number of carbonyl (C=O) groups excluding carboxylic acids is 14. The molecule has 4 rings (SSSR count). The molecule has 0 aliphatic carbocycles. The maximum atomic E-state index is 14.5. The van der Waals surface area contributed by atoms with Gasteiger partial charge in [-0.3, -0.25) is 76.9 Å². The molecule has 0 saturated heterocycles. The normalized spacial score (nSPS) is 15.2. The van der Waals surface area contributed by atoms with Crippen molar-refractivity contribution in [2.75, 3.05) is 13.1 Å². The molecule has 14 atom stereocenters. The van der Waals surface area contributed by atoms with Crippen molar-refractivity contribution in [1.82, 2.24) is 88.7 Å². The van der Waals surface area contributed by atoms with Gasteiger partial charge >= 0.3 is 5.97 Å². The van der Waals surface area contributed by atoms with Crippen molar-refractivity contribution < 1.29 is 82.1 Å². The van der Waals surface area contributed by atoms with E-state index in [4.69, 9.17) is 28.7 Å². The second kappa shape index (κ2) is 42.3. The number of para-hydroxylation sites is 1. The first-order chi connectivity index (χ1) is 49.9. The van der Waals surface area contributed by atoms with E-state index in [2.05, 4.69) is 93.7 Å². The SMILES string of the molecule is CC[C@H](C)[C@H](N)C(=O)N[C@@H](C)C(=O)N[C@H](C(=O)N[C@H](C(=O)N[C@@H](CCC(N)=O)C(=O)N[C@@H](CC(=O)O)C(=O)N[C@@H](Cc1c[nH]c2ccccc12)C(=O)NCC(=O)N[C@@H](Cc1cnc[nH]1)C(=O)N[C@@H](Cc1cnc[nH]1)C(=O)N[C@@H](CCCN=C(N)N)C(=O)N[C@@H](C)C(=O)N[C@H](C(N)=O)[C@@H](C)O)C(C)C)C(C)C. The first kappa shape index (κ1) is 86.8. The lowest BCUT2D eigenvalue weighted by Gasteiger charge is -2.29. The quantitative estimate of drug-likeness (QED) is 0.0111. The van der Waals surface area contributed by atoms with E-state index in [-0.39, 0.29) is 56.2 Å². The second-order valence-corrected chi connectivity index (χ2v) is 26.3. The highest BCUT2D eigenvalue weighted by molar-refractivity contribution is 6.00. The number of aliphatic carboxylic acids is 1. The number of nitrogens with zero attached hydrogens (tertiary/aromatic N) is 3. The molecule has 0 bridgehead atoms. The monoisotopic (exact) mass is 1490 g/mol. The van der Waals surface area contributed by atoms with Gasteiger partial charge in [-0.05, 0) is 69.4 Å².